The van der Waals surface area contributed by atoms with Crippen LogP contribution >= 0.6 is 0 Å². The van der Waals surface area contributed by atoms with Gasteiger partial charge in [0.25, 0.3) is 0 Å². The molecule has 0 aliphatic heterocycles. The van der Waals surface area contributed by atoms with Crippen molar-refractivity contribution >= 4 is 11.7 Å². The third-order valence-electron chi connectivity index (χ3n) is 3.27. The number of halogens is 1. The van der Waals surface area contributed by atoms with Crippen molar-refractivity contribution in [1.29, 1.82) is 0 Å². The Labute approximate surface area is 129 Å². The quantitative estimate of drug-likeness (QED) is 0.795. The zero-order valence-electron chi connectivity index (χ0n) is 12.4. The number of urea groups is 1. The van der Waals surface area contributed by atoms with Crippen LogP contribution in [0.2, 0.25) is 0 Å². The minimum Gasteiger partial charge on any atom is -0.392 e. The largest absolute Gasteiger partial charge is 0.392 e. The highest BCUT2D eigenvalue weighted by Crippen LogP contribution is 2.15. The molecule has 2 amide bonds. The molecule has 0 heterocycles. The number of aliphatic hydroxyl groups is 1. The summed E-state index contributed by atoms with van der Waals surface area (Å²) in [5.74, 6) is -0.458. The lowest BCUT2D eigenvalue weighted by molar-refractivity contribution is 0.252. The van der Waals surface area contributed by atoms with E-state index in [9.17, 15) is 9.18 Å². The normalized spacial score (nSPS) is 10.3. The molecular formula is C17H19FN2O2. The minimum atomic E-state index is -0.458. The summed E-state index contributed by atoms with van der Waals surface area (Å²) >= 11 is 0. The van der Waals surface area contributed by atoms with Gasteiger partial charge in [0.05, 0.1) is 12.3 Å². The van der Waals surface area contributed by atoms with Gasteiger partial charge in [0.1, 0.15) is 5.82 Å². The molecule has 2 rings (SSSR count). The fraction of sp³-hybridized carbons (Fsp3) is 0.235. The molecule has 0 aromatic heterocycles. The minimum absolute atomic E-state index is 0.0169. The summed E-state index contributed by atoms with van der Waals surface area (Å²) in [6.45, 7) is 2.29. The fourth-order valence-electron chi connectivity index (χ4n) is 2.03. The number of nitrogens with one attached hydrogen (secondary N) is 2. The van der Waals surface area contributed by atoms with Gasteiger partial charge >= 0.3 is 6.03 Å². The Morgan fingerprint density at radius 1 is 1.14 bits per heavy atom. The molecule has 0 aliphatic rings. The number of benzene rings is 2. The van der Waals surface area contributed by atoms with Crippen molar-refractivity contribution in [1.82, 2.24) is 5.32 Å². The Kier molecular flexibility index (Phi) is 5.49. The van der Waals surface area contributed by atoms with Gasteiger partial charge in [-0.15, -0.1) is 0 Å². The maximum Gasteiger partial charge on any atom is 0.319 e. The van der Waals surface area contributed by atoms with Crippen LogP contribution in [0.4, 0.5) is 14.9 Å². The standard InChI is InChI=1S/C17H19FN2O2/c1-12-2-7-15(18)16(10-12)20-17(22)19-9-8-13-3-5-14(11-21)6-4-13/h2-7,10,21H,8-9,11H2,1H3,(H2,19,20,22). The first-order valence-corrected chi connectivity index (χ1v) is 7.08. The average Bonchev–Trinajstić information content (AvgIpc) is 2.51. The Hall–Kier alpha value is -2.40. The van der Waals surface area contributed by atoms with Gasteiger partial charge in [-0.25, -0.2) is 9.18 Å². The molecule has 0 saturated carbocycles. The van der Waals surface area contributed by atoms with Crippen molar-refractivity contribution in [2.24, 2.45) is 0 Å². The van der Waals surface area contributed by atoms with Gasteiger partial charge in [-0.1, -0.05) is 30.3 Å². The lowest BCUT2D eigenvalue weighted by atomic mass is 10.1. The Morgan fingerprint density at radius 3 is 2.50 bits per heavy atom. The highest BCUT2D eigenvalue weighted by Gasteiger charge is 2.06. The van der Waals surface area contributed by atoms with Crippen LogP contribution in [0, 0.1) is 12.7 Å². The van der Waals surface area contributed by atoms with E-state index in [1.54, 1.807) is 12.1 Å². The number of hydrogen-bond donors (Lipinski definition) is 3. The van der Waals surface area contributed by atoms with Crippen molar-refractivity contribution in [2.45, 2.75) is 20.0 Å². The topological polar surface area (TPSA) is 61.4 Å². The van der Waals surface area contributed by atoms with E-state index in [0.29, 0.717) is 13.0 Å². The molecule has 0 unspecified atom stereocenters. The molecule has 2 aromatic carbocycles. The van der Waals surface area contributed by atoms with Crippen molar-refractivity contribution in [3.05, 3.63) is 65.0 Å². The molecule has 0 spiro atoms. The van der Waals surface area contributed by atoms with Crippen LogP contribution in [0.5, 0.6) is 0 Å². The molecule has 2 aromatic rings. The summed E-state index contributed by atoms with van der Waals surface area (Å²) in [5.41, 5.74) is 2.95. The molecule has 0 saturated heterocycles. The highest BCUT2D eigenvalue weighted by molar-refractivity contribution is 5.89. The Morgan fingerprint density at radius 2 is 1.82 bits per heavy atom. The number of rotatable bonds is 5. The van der Waals surface area contributed by atoms with E-state index in [0.717, 1.165) is 16.7 Å². The third kappa shape index (κ3) is 4.56. The second-order valence-electron chi connectivity index (χ2n) is 5.09. The molecule has 4 nitrogen and oxygen atoms in total. The molecule has 22 heavy (non-hydrogen) atoms. The number of carbonyl (C=O) groups is 1. The molecule has 0 radical (unpaired) electrons. The first kappa shape index (κ1) is 16.0. The summed E-state index contributed by atoms with van der Waals surface area (Å²) < 4.78 is 13.5. The van der Waals surface area contributed by atoms with Gasteiger partial charge in [0.15, 0.2) is 0 Å². The first-order valence-electron chi connectivity index (χ1n) is 7.08. The van der Waals surface area contributed by atoms with E-state index in [1.807, 2.05) is 31.2 Å². The number of anilines is 1. The molecule has 3 N–H and O–H groups in total. The van der Waals surface area contributed by atoms with Crippen molar-refractivity contribution in [3.63, 3.8) is 0 Å². The average molecular weight is 302 g/mol. The van der Waals surface area contributed by atoms with Crippen molar-refractivity contribution in [3.8, 4) is 0 Å². The van der Waals surface area contributed by atoms with E-state index in [1.165, 1.54) is 6.07 Å². The van der Waals surface area contributed by atoms with Gasteiger partial charge in [-0.3, -0.25) is 0 Å². The molecular weight excluding hydrogens is 283 g/mol. The number of aryl methyl sites for hydroxylation is 1. The lowest BCUT2D eigenvalue weighted by Crippen LogP contribution is -2.30. The third-order valence-corrected chi connectivity index (χ3v) is 3.27. The SMILES string of the molecule is Cc1ccc(F)c(NC(=O)NCCc2ccc(CO)cc2)c1. The maximum atomic E-state index is 13.5. The summed E-state index contributed by atoms with van der Waals surface area (Å²) in [7, 11) is 0. The lowest BCUT2D eigenvalue weighted by Gasteiger charge is -2.09. The smallest absolute Gasteiger partial charge is 0.319 e. The first-order chi connectivity index (χ1) is 10.6. The van der Waals surface area contributed by atoms with Gasteiger partial charge in [-0.05, 0) is 42.2 Å². The monoisotopic (exact) mass is 302 g/mol. The van der Waals surface area contributed by atoms with E-state index in [-0.39, 0.29) is 12.3 Å². The number of hydrogen-bond acceptors (Lipinski definition) is 2. The van der Waals surface area contributed by atoms with E-state index >= 15 is 0 Å². The van der Waals surface area contributed by atoms with Crippen LogP contribution in [-0.2, 0) is 13.0 Å². The van der Waals surface area contributed by atoms with E-state index < -0.39 is 11.8 Å². The Balaban J connectivity index is 1.81. The second-order valence-corrected chi connectivity index (χ2v) is 5.09. The van der Waals surface area contributed by atoms with Crippen LogP contribution in [0.25, 0.3) is 0 Å². The van der Waals surface area contributed by atoms with Gasteiger partial charge in [0.2, 0.25) is 0 Å². The molecule has 0 fully saturated rings. The fourth-order valence-corrected chi connectivity index (χ4v) is 2.03. The molecule has 0 bridgehead atoms. The molecule has 116 valence electrons. The van der Waals surface area contributed by atoms with Gasteiger partial charge < -0.3 is 15.7 Å². The molecule has 0 atom stereocenters. The molecule has 5 heteroatoms. The van der Waals surface area contributed by atoms with Crippen LogP contribution in [0.15, 0.2) is 42.5 Å². The predicted octanol–water partition coefficient (Wildman–Crippen LogP) is 2.99. The highest BCUT2D eigenvalue weighted by atomic mass is 19.1. The maximum absolute atomic E-state index is 13.5. The van der Waals surface area contributed by atoms with Crippen LogP contribution in [-0.4, -0.2) is 17.7 Å². The van der Waals surface area contributed by atoms with Crippen LogP contribution in [0.1, 0.15) is 16.7 Å². The predicted molar refractivity (Wildman–Crippen MR) is 84.2 cm³/mol. The van der Waals surface area contributed by atoms with Gasteiger partial charge in [-0.2, -0.15) is 0 Å². The summed E-state index contributed by atoms with van der Waals surface area (Å²) in [6.07, 6.45) is 0.662. The van der Waals surface area contributed by atoms with E-state index in [4.69, 9.17) is 5.11 Å². The molecule has 0 aliphatic carbocycles. The van der Waals surface area contributed by atoms with Crippen molar-refractivity contribution < 1.29 is 14.3 Å². The number of carbonyl (C=O) groups excluding carboxylic acids is 1. The zero-order chi connectivity index (χ0) is 15.9. The van der Waals surface area contributed by atoms with E-state index in [2.05, 4.69) is 10.6 Å². The second kappa shape index (κ2) is 7.56. The summed E-state index contributed by atoms with van der Waals surface area (Å²) in [5, 5.41) is 14.1. The van der Waals surface area contributed by atoms with Gasteiger partial charge in [0, 0.05) is 6.54 Å². The number of amides is 2. The van der Waals surface area contributed by atoms with Crippen molar-refractivity contribution in [2.75, 3.05) is 11.9 Å². The van der Waals surface area contributed by atoms with Crippen LogP contribution in [0.3, 0.4) is 0 Å². The van der Waals surface area contributed by atoms with Crippen LogP contribution < -0.4 is 10.6 Å². The summed E-state index contributed by atoms with van der Waals surface area (Å²) in [6, 6.07) is 11.6. The Bertz CT molecular complexity index is 642. The summed E-state index contributed by atoms with van der Waals surface area (Å²) in [4.78, 5) is 11.7. The zero-order valence-corrected chi connectivity index (χ0v) is 12.4. The number of aliphatic hydroxyl groups excluding tert-OH is 1.